The van der Waals surface area contributed by atoms with Crippen LogP contribution in [0.4, 0.5) is 0 Å². The molecule has 4 nitrogen and oxygen atoms in total. The van der Waals surface area contributed by atoms with Crippen molar-refractivity contribution in [3.63, 3.8) is 0 Å². The maximum atomic E-state index is 11.2. The summed E-state index contributed by atoms with van der Waals surface area (Å²) in [5.41, 5.74) is 0. The Kier molecular flexibility index (Phi) is 6.80. The van der Waals surface area contributed by atoms with Crippen molar-refractivity contribution in [3.05, 3.63) is 0 Å². The van der Waals surface area contributed by atoms with Gasteiger partial charge in [-0.15, -0.1) is 0 Å². The van der Waals surface area contributed by atoms with E-state index < -0.39 is 0 Å². The minimum absolute atomic E-state index is 0.0998. The van der Waals surface area contributed by atoms with Crippen LogP contribution in [0.25, 0.3) is 0 Å². The standard InChI is InChI=1S/C16H29NO3/c1-2-19-16(18)9-10-17-11-13-5-7-15(8-6-13)20-12-14-3-4-14/h13-15,17H,2-12H2,1H3. The van der Waals surface area contributed by atoms with Crippen molar-refractivity contribution in [2.24, 2.45) is 11.8 Å². The van der Waals surface area contributed by atoms with Crippen LogP contribution >= 0.6 is 0 Å². The molecular formula is C16H29NO3. The maximum Gasteiger partial charge on any atom is 0.307 e. The van der Waals surface area contributed by atoms with Crippen LogP contribution in [-0.2, 0) is 14.3 Å². The molecule has 0 heterocycles. The largest absolute Gasteiger partial charge is 0.466 e. The van der Waals surface area contributed by atoms with Gasteiger partial charge in [-0.3, -0.25) is 4.79 Å². The van der Waals surface area contributed by atoms with E-state index in [0.717, 1.165) is 31.5 Å². The summed E-state index contributed by atoms with van der Waals surface area (Å²) in [6.07, 6.45) is 8.65. The van der Waals surface area contributed by atoms with Gasteiger partial charge in [0.1, 0.15) is 0 Å². The van der Waals surface area contributed by atoms with E-state index in [1.807, 2.05) is 6.92 Å². The normalized spacial score (nSPS) is 26.4. The highest BCUT2D eigenvalue weighted by molar-refractivity contribution is 5.69. The van der Waals surface area contributed by atoms with Crippen molar-refractivity contribution in [3.8, 4) is 0 Å². The molecule has 0 amide bonds. The molecule has 0 aromatic rings. The van der Waals surface area contributed by atoms with Crippen molar-refractivity contribution in [2.45, 2.75) is 58.0 Å². The van der Waals surface area contributed by atoms with Gasteiger partial charge in [0.25, 0.3) is 0 Å². The van der Waals surface area contributed by atoms with Gasteiger partial charge in [-0.25, -0.2) is 0 Å². The molecule has 0 spiro atoms. The summed E-state index contributed by atoms with van der Waals surface area (Å²) in [4.78, 5) is 11.2. The Morgan fingerprint density at radius 1 is 1.10 bits per heavy atom. The lowest BCUT2D eigenvalue weighted by atomic mass is 9.87. The lowest BCUT2D eigenvalue weighted by Gasteiger charge is -2.28. The number of nitrogens with one attached hydrogen (secondary N) is 1. The topological polar surface area (TPSA) is 47.6 Å². The summed E-state index contributed by atoms with van der Waals surface area (Å²) >= 11 is 0. The lowest BCUT2D eigenvalue weighted by Crippen LogP contribution is -2.30. The van der Waals surface area contributed by atoms with Crippen molar-refractivity contribution in [1.82, 2.24) is 5.32 Å². The number of rotatable bonds is 9. The molecular weight excluding hydrogens is 254 g/mol. The van der Waals surface area contributed by atoms with E-state index in [-0.39, 0.29) is 5.97 Å². The second kappa shape index (κ2) is 8.63. The third kappa shape index (κ3) is 6.23. The fourth-order valence-corrected chi connectivity index (χ4v) is 2.79. The molecule has 2 saturated carbocycles. The lowest BCUT2D eigenvalue weighted by molar-refractivity contribution is -0.142. The van der Waals surface area contributed by atoms with Crippen LogP contribution in [0.5, 0.6) is 0 Å². The Balaban J connectivity index is 1.45. The molecule has 0 aromatic carbocycles. The third-order valence-electron chi connectivity index (χ3n) is 4.30. The van der Waals surface area contributed by atoms with Crippen LogP contribution in [0.2, 0.25) is 0 Å². The first-order valence-electron chi connectivity index (χ1n) is 8.26. The summed E-state index contributed by atoms with van der Waals surface area (Å²) in [5.74, 6) is 1.52. The van der Waals surface area contributed by atoms with Crippen LogP contribution in [0.3, 0.4) is 0 Å². The highest BCUT2D eigenvalue weighted by Crippen LogP contribution is 2.31. The number of hydrogen-bond donors (Lipinski definition) is 1. The minimum Gasteiger partial charge on any atom is -0.466 e. The average Bonchev–Trinajstić information content (AvgIpc) is 3.27. The molecule has 0 aromatic heterocycles. The van der Waals surface area contributed by atoms with Crippen molar-refractivity contribution in [1.29, 1.82) is 0 Å². The zero-order chi connectivity index (χ0) is 14.2. The Morgan fingerprint density at radius 2 is 1.80 bits per heavy atom. The van der Waals surface area contributed by atoms with Crippen LogP contribution in [0, 0.1) is 11.8 Å². The molecule has 0 radical (unpaired) electrons. The Morgan fingerprint density at radius 3 is 2.45 bits per heavy atom. The average molecular weight is 283 g/mol. The molecule has 20 heavy (non-hydrogen) atoms. The molecule has 2 aliphatic carbocycles. The van der Waals surface area contributed by atoms with E-state index >= 15 is 0 Å². The van der Waals surface area contributed by atoms with Gasteiger partial charge in [0.2, 0.25) is 0 Å². The first kappa shape index (κ1) is 15.8. The Labute approximate surface area is 122 Å². The third-order valence-corrected chi connectivity index (χ3v) is 4.30. The highest BCUT2D eigenvalue weighted by atomic mass is 16.5. The number of hydrogen-bond acceptors (Lipinski definition) is 4. The predicted molar refractivity (Wildman–Crippen MR) is 78.5 cm³/mol. The Hall–Kier alpha value is -0.610. The molecule has 2 fully saturated rings. The number of carbonyl (C=O) groups excluding carboxylic acids is 1. The number of carbonyl (C=O) groups is 1. The quantitative estimate of drug-likeness (QED) is 0.522. The molecule has 1 N–H and O–H groups in total. The van der Waals surface area contributed by atoms with Crippen LogP contribution < -0.4 is 5.32 Å². The van der Waals surface area contributed by atoms with E-state index in [0.29, 0.717) is 19.1 Å². The summed E-state index contributed by atoms with van der Waals surface area (Å²) in [6, 6.07) is 0. The zero-order valence-corrected chi connectivity index (χ0v) is 12.7. The van der Waals surface area contributed by atoms with Gasteiger partial charge >= 0.3 is 5.97 Å². The van der Waals surface area contributed by atoms with Crippen LogP contribution in [-0.4, -0.2) is 38.4 Å². The van der Waals surface area contributed by atoms with Gasteiger partial charge in [0.05, 0.1) is 19.1 Å². The molecule has 116 valence electrons. The number of ether oxygens (including phenoxy) is 2. The van der Waals surface area contributed by atoms with Gasteiger partial charge in [0, 0.05) is 13.2 Å². The molecule has 2 rings (SSSR count). The van der Waals surface area contributed by atoms with Gasteiger partial charge in [-0.05, 0) is 63.8 Å². The van der Waals surface area contributed by atoms with Gasteiger partial charge in [0.15, 0.2) is 0 Å². The van der Waals surface area contributed by atoms with Crippen molar-refractivity contribution >= 4 is 5.97 Å². The molecule has 4 heteroatoms. The van der Waals surface area contributed by atoms with Gasteiger partial charge in [-0.1, -0.05) is 0 Å². The fraction of sp³-hybridized carbons (Fsp3) is 0.938. The highest BCUT2D eigenvalue weighted by Gasteiger charge is 2.25. The molecule has 2 aliphatic rings. The maximum absolute atomic E-state index is 11.2. The summed E-state index contributed by atoms with van der Waals surface area (Å²) < 4.78 is 10.9. The van der Waals surface area contributed by atoms with Crippen molar-refractivity contribution < 1.29 is 14.3 Å². The van der Waals surface area contributed by atoms with Crippen LogP contribution in [0.15, 0.2) is 0 Å². The van der Waals surface area contributed by atoms with E-state index in [9.17, 15) is 4.79 Å². The monoisotopic (exact) mass is 283 g/mol. The fourth-order valence-electron chi connectivity index (χ4n) is 2.79. The summed E-state index contributed by atoms with van der Waals surface area (Å²) in [7, 11) is 0. The van der Waals surface area contributed by atoms with Crippen LogP contribution in [0.1, 0.15) is 51.9 Å². The SMILES string of the molecule is CCOC(=O)CCNCC1CCC(OCC2CC2)CC1. The minimum atomic E-state index is -0.0998. The molecule has 0 saturated heterocycles. The first-order chi connectivity index (χ1) is 9.78. The predicted octanol–water partition coefficient (Wildman–Crippen LogP) is 2.51. The van der Waals surface area contributed by atoms with Crippen molar-refractivity contribution in [2.75, 3.05) is 26.3 Å². The van der Waals surface area contributed by atoms with E-state index in [2.05, 4.69) is 5.32 Å². The molecule has 0 unspecified atom stereocenters. The zero-order valence-electron chi connectivity index (χ0n) is 12.7. The Bertz CT molecular complexity index is 283. The van der Waals surface area contributed by atoms with E-state index in [1.165, 1.54) is 38.5 Å². The van der Waals surface area contributed by atoms with Gasteiger partial charge < -0.3 is 14.8 Å². The second-order valence-corrected chi connectivity index (χ2v) is 6.18. The molecule has 0 aliphatic heterocycles. The second-order valence-electron chi connectivity index (χ2n) is 6.18. The number of esters is 1. The van der Waals surface area contributed by atoms with E-state index in [1.54, 1.807) is 0 Å². The first-order valence-corrected chi connectivity index (χ1v) is 8.26. The molecule has 0 atom stereocenters. The smallest absolute Gasteiger partial charge is 0.307 e. The molecule has 0 bridgehead atoms. The van der Waals surface area contributed by atoms with Gasteiger partial charge in [-0.2, -0.15) is 0 Å². The summed E-state index contributed by atoms with van der Waals surface area (Å²) in [6.45, 7) is 5.07. The van der Waals surface area contributed by atoms with E-state index in [4.69, 9.17) is 9.47 Å². The summed E-state index contributed by atoms with van der Waals surface area (Å²) in [5, 5.41) is 3.38.